The SMILES string of the molecule is NNC(c1ncc(Cl)cc1Cl)C1CCC1. The quantitative estimate of drug-likeness (QED) is 0.636. The number of rotatable bonds is 3. The molecule has 2 rings (SSSR count). The van der Waals surface area contributed by atoms with E-state index in [-0.39, 0.29) is 6.04 Å². The first-order chi connectivity index (χ1) is 7.22. The molecule has 1 fully saturated rings. The minimum absolute atomic E-state index is 0.0449. The van der Waals surface area contributed by atoms with E-state index in [0.29, 0.717) is 16.0 Å². The van der Waals surface area contributed by atoms with Crippen molar-refractivity contribution >= 4 is 23.2 Å². The van der Waals surface area contributed by atoms with Gasteiger partial charge in [-0.25, -0.2) is 0 Å². The molecule has 0 bridgehead atoms. The third-order valence-corrected chi connectivity index (χ3v) is 3.44. The Hall–Kier alpha value is -0.350. The lowest BCUT2D eigenvalue weighted by molar-refractivity contribution is 0.229. The van der Waals surface area contributed by atoms with Gasteiger partial charge in [0.2, 0.25) is 0 Å². The Kier molecular flexibility index (Phi) is 3.46. The number of aromatic nitrogens is 1. The monoisotopic (exact) mass is 245 g/mol. The van der Waals surface area contributed by atoms with Crippen molar-refractivity contribution in [3.63, 3.8) is 0 Å². The summed E-state index contributed by atoms with van der Waals surface area (Å²) in [5, 5.41) is 1.13. The van der Waals surface area contributed by atoms with Gasteiger partial charge in [-0.05, 0) is 24.8 Å². The number of nitrogens with zero attached hydrogens (tertiary/aromatic N) is 1. The molecular formula is C10H13Cl2N3. The summed E-state index contributed by atoms with van der Waals surface area (Å²) >= 11 is 11.9. The molecule has 5 heteroatoms. The van der Waals surface area contributed by atoms with Crippen LogP contribution in [0.25, 0.3) is 0 Å². The molecule has 1 aromatic rings. The first-order valence-corrected chi connectivity index (χ1v) is 5.75. The molecule has 0 amide bonds. The lowest BCUT2D eigenvalue weighted by Crippen LogP contribution is -2.37. The first-order valence-electron chi connectivity index (χ1n) is 4.99. The average molecular weight is 246 g/mol. The van der Waals surface area contributed by atoms with Gasteiger partial charge in [-0.2, -0.15) is 0 Å². The Labute approximate surface area is 98.9 Å². The molecule has 0 spiro atoms. The molecule has 1 atom stereocenters. The summed E-state index contributed by atoms with van der Waals surface area (Å²) in [4.78, 5) is 4.25. The van der Waals surface area contributed by atoms with Gasteiger partial charge in [-0.3, -0.25) is 16.3 Å². The van der Waals surface area contributed by atoms with Crippen LogP contribution in [0.15, 0.2) is 12.3 Å². The molecule has 0 aliphatic heterocycles. The number of hydrogen-bond acceptors (Lipinski definition) is 3. The van der Waals surface area contributed by atoms with Gasteiger partial charge >= 0.3 is 0 Å². The lowest BCUT2D eigenvalue weighted by Gasteiger charge is -2.33. The van der Waals surface area contributed by atoms with E-state index in [4.69, 9.17) is 29.0 Å². The van der Waals surface area contributed by atoms with E-state index in [0.717, 1.165) is 5.69 Å². The van der Waals surface area contributed by atoms with E-state index in [1.165, 1.54) is 19.3 Å². The van der Waals surface area contributed by atoms with Crippen molar-refractivity contribution in [2.75, 3.05) is 0 Å². The molecule has 1 saturated carbocycles. The molecule has 1 heterocycles. The van der Waals surface area contributed by atoms with Crippen LogP contribution in [0, 0.1) is 5.92 Å². The number of hydrazine groups is 1. The second kappa shape index (κ2) is 4.66. The highest BCUT2D eigenvalue weighted by Crippen LogP contribution is 2.38. The maximum atomic E-state index is 6.09. The molecule has 1 aromatic heterocycles. The number of halogens is 2. The van der Waals surface area contributed by atoms with Gasteiger partial charge in [0.05, 0.1) is 21.8 Å². The summed E-state index contributed by atoms with van der Waals surface area (Å²) in [7, 11) is 0. The van der Waals surface area contributed by atoms with Crippen LogP contribution in [0.3, 0.4) is 0 Å². The second-order valence-corrected chi connectivity index (χ2v) is 4.70. The predicted octanol–water partition coefficient (Wildman–Crippen LogP) is 2.69. The van der Waals surface area contributed by atoms with Crippen molar-refractivity contribution in [2.45, 2.75) is 25.3 Å². The lowest BCUT2D eigenvalue weighted by atomic mass is 9.78. The summed E-state index contributed by atoms with van der Waals surface area (Å²) in [5.41, 5.74) is 3.59. The Morgan fingerprint density at radius 1 is 1.47 bits per heavy atom. The molecule has 82 valence electrons. The number of nitrogens with one attached hydrogen (secondary N) is 1. The maximum absolute atomic E-state index is 6.09. The molecule has 15 heavy (non-hydrogen) atoms. The topological polar surface area (TPSA) is 50.9 Å². The van der Waals surface area contributed by atoms with Crippen LogP contribution in [-0.4, -0.2) is 4.98 Å². The minimum atomic E-state index is 0.0449. The molecule has 1 unspecified atom stereocenters. The van der Waals surface area contributed by atoms with E-state index < -0.39 is 0 Å². The van der Waals surface area contributed by atoms with Gasteiger partial charge in [0.15, 0.2) is 0 Å². The van der Waals surface area contributed by atoms with E-state index in [1.54, 1.807) is 12.3 Å². The van der Waals surface area contributed by atoms with Crippen LogP contribution < -0.4 is 11.3 Å². The fourth-order valence-corrected chi connectivity index (χ4v) is 2.36. The van der Waals surface area contributed by atoms with Crippen LogP contribution in [0.4, 0.5) is 0 Å². The summed E-state index contributed by atoms with van der Waals surface area (Å²) in [6, 6.07) is 1.75. The van der Waals surface area contributed by atoms with Crippen LogP contribution >= 0.6 is 23.2 Å². The van der Waals surface area contributed by atoms with Crippen molar-refractivity contribution < 1.29 is 0 Å². The highest BCUT2D eigenvalue weighted by Gasteiger charge is 2.29. The van der Waals surface area contributed by atoms with Gasteiger partial charge < -0.3 is 0 Å². The molecule has 1 aliphatic carbocycles. The van der Waals surface area contributed by atoms with Crippen LogP contribution in [-0.2, 0) is 0 Å². The fraction of sp³-hybridized carbons (Fsp3) is 0.500. The summed E-state index contributed by atoms with van der Waals surface area (Å²) in [6.07, 6.45) is 5.21. The standard InChI is InChI=1S/C10H13Cl2N3/c11-7-4-8(12)10(14-5-7)9(15-13)6-2-1-3-6/h4-6,9,15H,1-3,13H2. The number of nitrogens with two attached hydrogens (primary N) is 1. The number of pyridine rings is 1. The molecular weight excluding hydrogens is 233 g/mol. The third kappa shape index (κ3) is 2.26. The molecule has 0 aromatic carbocycles. The van der Waals surface area contributed by atoms with E-state index in [9.17, 15) is 0 Å². The Morgan fingerprint density at radius 3 is 2.67 bits per heavy atom. The number of hydrogen-bond donors (Lipinski definition) is 2. The Balaban J connectivity index is 2.25. The van der Waals surface area contributed by atoms with Crippen molar-refractivity contribution in [1.82, 2.24) is 10.4 Å². The van der Waals surface area contributed by atoms with Gasteiger partial charge in [0.25, 0.3) is 0 Å². The van der Waals surface area contributed by atoms with Crippen molar-refractivity contribution in [3.05, 3.63) is 28.0 Å². The normalized spacial score (nSPS) is 18.6. The molecule has 1 aliphatic rings. The first kappa shape index (κ1) is 11.1. The smallest absolute Gasteiger partial charge is 0.0776 e. The molecule has 0 radical (unpaired) electrons. The predicted molar refractivity (Wildman–Crippen MR) is 61.7 cm³/mol. The largest absolute Gasteiger partial charge is 0.271 e. The van der Waals surface area contributed by atoms with Crippen LogP contribution in [0.2, 0.25) is 10.0 Å². The summed E-state index contributed by atoms with van der Waals surface area (Å²) < 4.78 is 0. The maximum Gasteiger partial charge on any atom is 0.0776 e. The molecule has 0 saturated heterocycles. The summed E-state index contributed by atoms with van der Waals surface area (Å²) in [5.74, 6) is 6.08. The van der Waals surface area contributed by atoms with Crippen molar-refractivity contribution in [2.24, 2.45) is 11.8 Å². The van der Waals surface area contributed by atoms with Crippen molar-refractivity contribution in [1.29, 1.82) is 0 Å². The zero-order valence-corrected chi connectivity index (χ0v) is 9.72. The van der Waals surface area contributed by atoms with Crippen LogP contribution in [0.1, 0.15) is 31.0 Å². The van der Waals surface area contributed by atoms with Gasteiger partial charge in [-0.15, -0.1) is 0 Å². The highest BCUT2D eigenvalue weighted by molar-refractivity contribution is 6.34. The van der Waals surface area contributed by atoms with E-state index in [2.05, 4.69) is 10.4 Å². The van der Waals surface area contributed by atoms with Gasteiger partial charge in [0, 0.05) is 6.20 Å². The summed E-state index contributed by atoms with van der Waals surface area (Å²) in [6.45, 7) is 0. The average Bonchev–Trinajstić information content (AvgIpc) is 2.12. The second-order valence-electron chi connectivity index (χ2n) is 3.86. The molecule has 3 nitrogen and oxygen atoms in total. The zero-order valence-electron chi connectivity index (χ0n) is 8.21. The van der Waals surface area contributed by atoms with Gasteiger partial charge in [-0.1, -0.05) is 29.6 Å². The highest BCUT2D eigenvalue weighted by atomic mass is 35.5. The van der Waals surface area contributed by atoms with Crippen molar-refractivity contribution in [3.8, 4) is 0 Å². The van der Waals surface area contributed by atoms with Crippen LogP contribution in [0.5, 0.6) is 0 Å². The Bertz CT molecular complexity index is 353. The zero-order chi connectivity index (χ0) is 10.8. The third-order valence-electron chi connectivity index (χ3n) is 2.93. The fourth-order valence-electron chi connectivity index (χ4n) is 1.87. The van der Waals surface area contributed by atoms with Gasteiger partial charge in [0.1, 0.15) is 0 Å². The molecule has 3 N–H and O–H groups in total. The Morgan fingerprint density at radius 2 is 2.20 bits per heavy atom. The minimum Gasteiger partial charge on any atom is -0.271 e. The van der Waals surface area contributed by atoms with E-state index >= 15 is 0 Å². The van der Waals surface area contributed by atoms with E-state index in [1.807, 2.05) is 0 Å².